The van der Waals surface area contributed by atoms with E-state index in [0.717, 1.165) is 25.7 Å². The van der Waals surface area contributed by atoms with Crippen LogP contribution in [0.1, 0.15) is 32.6 Å². The van der Waals surface area contributed by atoms with Gasteiger partial charge in [0.05, 0.1) is 6.61 Å². The van der Waals surface area contributed by atoms with Gasteiger partial charge in [0, 0.05) is 0 Å². The van der Waals surface area contributed by atoms with E-state index in [4.69, 9.17) is 9.05 Å². The largest absolute Gasteiger partial charge is 0.527 e. The third kappa shape index (κ3) is 6.47. The van der Waals surface area contributed by atoms with E-state index in [1.54, 1.807) is 30.3 Å². The molecule has 1 N–H and O–H groups in total. The van der Waals surface area contributed by atoms with Crippen LogP contribution in [0, 0.1) is 0 Å². The highest BCUT2D eigenvalue weighted by atomic mass is 31.2. The Hall–Kier alpha value is -0.830. The smallest absolute Gasteiger partial charge is 0.404 e. The van der Waals surface area contributed by atoms with E-state index in [1.807, 2.05) is 0 Å². The third-order valence-corrected chi connectivity index (χ3v) is 3.17. The van der Waals surface area contributed by atoms with Gasteiger partial charge in [-0.25, -0.2) is 4.57 Å². The summed E-state index contributed by atoms with van der Waals surface area (Å²) in [7, 11) is -3.96. The van der Waals surface area contributed by atoms with Gasteiger partial charge >= 0.3 is 7.82 Å². The van der Waals surface area contributed by atoms with Crippen molar-refractivity contribution in [1.29, 1.82) is 0 Å². The number of para-hydroxylation sites is 1. The number of hydrogen-bond acceptors (Lipinski definition) is 3. The number of unbranched alkanes of at least 4 members (excludes halogenated alkanes) is 3. The molecule has 0 amide bonds. The normalized spacial score (nSPS) is 14.2. The fourth-order valence-corrected chi connectivity index (χ4v) is 2.15. The fraction of sp³-hybridized carbons (Fsp3) is 0.500. The molecule has 0 fully saturated rings. The minimum atomic E-state index is -3.96. The van der Waals surface area contributed by atoms with Crippen molar-refractivity contribution in [2.24, 2.45) is 0 Å². The number of rotatable bonds is 8. The Morgan fingerprint density at radius 3 is 2.53 bits per heavy atom. The standard InChI is InChI=1S/C12H19O4P/c1-2-3-4-8-11-15-17(13,14)16-12-9-6-5-7-10-12/h5-7,9-10H,2-4,8,11H2,1H3,(H,13,14). The quantitative estimate of drug-likeness (QED) is 0.569. The van der Waals surface area contributed by atoms with Crippen LogP contribution in [0.5, 0.6) is 5.75 Å². The molecule has 0 heterocycles. The summed E-state index contributed by atoms with van der Waals surface area (Å²) in [5.41, 5.74) is 0. The number of phosphoric acid groups is 1. The molecular formula is C12H19O4P. The van der Waals surface area contributed by atoms with Gasteiger partial charge in [-0.2, -0.15) is 0 Å². The van der Waals surface area contributed by atoms with Crippen LogP contribution in [0.15, 0.2) is 30.3 Å². The lowest BCUT2D eigenvalue weighted by Gasteiger charge is -2.12. The summed E-state index contributed by atoms with van der Waals surface area (Å²) >= 11 is 0. The van der Waals surface area contributed by atoms with E-state index >= 15 is 0 Å². The molecule has 0 saturated carbocycles. The van der Waals surface area contributed by atoms with Crippen molar-refractivity contribution in [3.8, 4) is 5.75 Å². The maximum Gasteiger partial charge on any atom is 0.527 e. The maximum atomic E-state index is 11.5. The molecule has 0 aliphatic heterocycles. The molecule has 0 aromatic heterocycles. The first-order valence-corrected chi connectivity index (χ1v) is 7.35. The Balaban J connectivity index is 2.29. The summed E-state index contributed by atoms with van der Waals surface area (Å²) in [6.07, 6.45) is 4.01. The van der Waals surface area contributed by atoms with Crippen molar-refractivity contribution >= 4 is 7.82 Å². The van der Waals surface area contributed by atoms with Gasteiger partial charge in [-0.15, -0.1) is 0 Å². The molecule has 1 aromatic carbocycles. The van der Waals surface area contributed by atoms with Crippen LogP contribution >= 0.6 is 7.82 Å². The Labute approximate surface area is 102 Å². The molecule has 17 heavy (non-hydrogen) atoms. The predicted octanol–water partition coefficient (Wildman–Crippen LogP) is 3.76. The zero-order valence-corrected chi connectivity index (χ0v) is 10.9. The predicted molar refractivity (Wildman–Crippen MR) is 67.0 cm³/mol. The van der Waals surface area contributed by atoms with Crippen LogP contribution in [0.4, 0.5) is 0 Å². The number of benzene rings is 1. The highest BCUT2D eigenvalue weighted by Gasteiger charge is 2.22. The van der Waals surface area contributed by atoms with Gasteiger partial charge in [0.15, 0.2) is 0 Å². The second-order valence-electron chi connectivity index (χ2n) is 3.77. The molecule has 0 aliphatic rings. The summed E-state index contributed by atoms with van der Waals surface area (Å²) in [5.74, 6) is 0.340. The van der Waals surface area contributed by atoms with Crippen LogP contribution in [0.2, 0.25) is 0 Å². The van der Waals surface area contributed by atoms with Crippen LogP contribution in [0.3, 0.4) is 0 Å². The van der Waals surface area contributed by atoms with E-state index in [9.17, 15) is 9.46 Å². The van der Waals surface area contributed by atoms with Crippen LogP contribution < -0.4 is 4.52 Å². The second-order valence-corrected chi connectivity index (χ2v) is 5.14. The first kappa shape index (κ1) is 14.2. The Morgan fingerprint density at radius 2 is 1.88 bits per heavy atom. The molecule has 1 atom stereocenters. The molecular weight excluding hydrogens is 239 g/mol. The summed E-state index contributed by atoms with van der Waals surface area (Å²) < 4.78 is 21.3. The van der Waals surface area contributed by atoms with Gasteiger partial charge in [0.1, 0.15) is 5.75 Å². The zero-order chi connectivity index (χ0) is 12.6. The minimum Gasteiger partial charge on any atom is -0.404 e. The summed E-state index contributed by atoms with van der Waals surface area (Å²) in [4.78, 5) is 9.44. The third-order valence-electron chi connectivity index (χ3n) is 2.22. The minimum absolute atomic E-state index is 0.251. The maximum absolute atomic E-state index is 11.5. The highest BCUT2D eigenvalue weighted by Crippen LogP contribution is 2.43. The molecule has 0 bridgehead atoms. The molecule has 1 rings (SSSR count). The van der Waals surface area contributed by atoms with Gasteiger partial charge in [0.25, 0.3) is 0 Å². The first-order valence-electron chi connectivity index (χ1n) is 5.86. The van der Waals surface area contributed by atoms with Crippen molar-refractivity contribution in [3.05, 3.63) is 30.3 Å². The summed E-state index contributed by atoms with van der Waals surface area (Å²) in [5, 5.41) is 0. The molecule has 0 spiro atoms. The van der Waals surface area contributed by atoms with E-state index in [2.05, 4.69) is 6.92 Å². The van der Waals surface area contributed by atoms with E-state index in [0.29, 0.717) is 5.75 Å². The first-order chi connectivity index (χ1) is 8.14. The van der Waals surface area contributed by atoms with Crippen molar-refractivity contribution < 1.29 is 18.5 Å². The Bertz CT molecular complexity index is 353. The molecule has 1 aromatic rings. The Morgan fingerprint density at radius 1 is 1.18 bits per heavy atom. The SMILES string of the molecule is CCCCCCOP(=O)(O)Oc1ccccc1. The molecule has 0 saturated heterocycles. The zero-order valence-electron chi connectivity index (χ0n) is 10.0. The van der Waals surface area contributed by atoms with Crippen molar-refractivity contribution in [2.45, 2.75) is 32.6 Å². The molecule has 0 aliphatic carbocycles. The van der Waals surface area contributed by atoms with Crippen molar-refractivity contribution in [3.63, 3.8) is 0 Å². The van der Waals surface area contributed by atoms with Gasteiger partial charge < -0.3 is 4.52 Å². The summed E-state index contributed by atoms with van der Waals surface area (Å²) in [6, 6.07) is 8.50. The van der Waals surface area contributed by atoms with Gasteiger partial charge in [-0.05, 0) is 18.6 Å². The number of phosphoric ester groups is 1. The van der Waals surface area contributed by atoms with Gasteiger partial charge in [0.2, 0.25) is 0 Å². The molecule has 96 valence electrons. The van der Waals surface area contributed by atoms with Crippen LogP contribution in [0.25, 0.3) is 0 Å². The second kappa shape index (κ2) is 7.49. The topological polar surface area (TPSA) is 55.8 Å². The Kier molecular flexibility index (Phi) is 6.27. The molecule has 1 unspecified atom stereocenters. The van der Waals surface area contributed by atoms with Crippen molar-refractivity contribution in [2.75, 3.05) is 6.61 Å². The van der Waals surface area contributed by atoms with E-state index in [1.165, 1.54) is 0 Å². The van der Waals surface area contributed by atoms with Crippen LogP contribution in [-0.4, -0.2) is 11.5 Å². The van der Waals surface area contributed by atoms with E-state index in [-0.39, 0.29) is 6.61 Å². The fourth-order valence-electron chi connectivity index (χ4n) is 1.35. The van der Waals surface area contributed by atoms with E-state index < -0.39 is 7.82 Å². The lowest BCUT2D eigenvalue weighted by molar-refractivity contribution is 0.199. The lowest BCUT2D eigenvalue weighted by Crippen LogP contribution is -1.99. The van der Waals surface area contributed by atoms with Crippen LogP contribution in [-0.2, 0) is 9.09 Å². The average molecular weight is 258 g/mol. The van der Waals surface area contributed by atoms with Crippen molar-refractivity contribution in [1.82, 2.24) is 0 Å². The number of hydrogen-bond donors (Lipinski definition) is 1. The molecule has 0 radical (unpaired) electrons. The van der Waals surface area contributed by atoms with Gasteiger partial charge in [-0.3, -0.25) is 9.42 Å². The molecule has 4 nitrogen and oxygen atoms in total. The lowest BCUT2D eigenvalue weighted by atomic mass is 10.2. The van der Waals surface area contributed by atoms with Gasteiger partial charge in [-0.1, -0.05) is 44.4 Å². The summed E-state index contributed by atoms with van der Waals surface area (Å²) in [6.45, 7) is 2.36. The average Bonchev–Trinajstić information content (AvgIpc) is 2.29. The monoisotopic (exact) mass is 258 g/mol. The molecule has 5 heteroatoms. The highest BCUT2D eigenvalue weighted by molar-refractivity contribution is 7.47.